The van der Waals surface area contributed by atoms with Crippen LogP contribution in [0, 0.1) is 11.6 Å². The summed E-state index contributed by atoms with van der Waals surface area (Å²) in [5, 5.41) is 9.73. The number of sulfonamides is 1. The van der Waals surface area contributed by atoms with Gasteiger partial charge >= 0.3 is 0 Å². The van der Waals surface area contributed by atoms with Gasteiger partial charge in [0.2, 0.25) is 10.0 Å². The molecular weight excluding hydrogens is 528 g/mol. The molecule has 0 atom stereocenters. The van der Waals surface area contributed by atoms with E-state index in [9.17, 15) is 22.0 Å². The number of anilines is 3. The van der Waals surface area contributed by atoms with Gasteiger partial charge in [0, 0.05) is 68.3 Å². The van der Waals surface area contributed by atoms with Crippen molar-refractivity contribution in [2.75, 3.05) is 55.7 Å². The van der Waals surface area contributed by atoms with Crippen molar-refractivity contribution in [3.05, 3.63) is 64.9 Å². The van der Waals surface area contributed by atoms with Gasteiger partial charge in [-0.2, -0.15) is 9.40 Å². The number of H-pyrrole nitrogens is 1. The summed E-state index contributed by atoms with van der Waals surface area (Å²) in [5.74, 6) is -2.28. The van der Waals surface area contributed by atoms with E-state index in [0.29, 0.717) is 23.0 Å². The molecule has 0 radical (unpaired) electrons. The van der Waals surface area contributed by atoms with Gasteiger partial charge in [0.25, 0.3) is 5.91 Å². The summed E-state index contributed by atoms with van der Waals surface area (Å²) in [6.07, 6.45) is 2.76. The molecule has 0 unspecified atom stereocenters. The molecule has 5 rings (SSSR count). The van der Waals surface area contributed by atoms with Crippen molar-refractivity contribution in [1.82, 2.24) is 19.4 Å². The number of nitrogen functional groups attached to an aromatic ring is 1. The molecule has 13 heteroatoms. The maximum Gasteiger partial charge on any atom is 0.258 e. The number of carbonyl (C=O) groups excluding carboxylic acids is 1. The van der Waals surface area contributed by atoms with Gasteiger partial charge < -0.3 is 20.9 Å². The maximum atomic E-state index is 13.7. The monoisotopic (exact) mass is 559 g/mol. The number of amides is 1. The molecule has 10 nitrogen and oxygen atoms in total. The number of carbonyl (C=O) groups is 1. The molecule has 1 amide bonds. The quantitative estimate of drug-likeness (QED) is 0.362. The van der Waals surface area contributed by atoms with E-state index in [-0.39, 0.29) is 30.9 Å². The third-order valence-electron chi connectivity index (χ3n) is 7.28. The first-order valence-electron chi connectivity index (χ1n) is 12.8. The third kappa shape index (κ3) is 5.75. The predicted octanol–water partition coefficient (Wildman–Crippen LogP) is 2.80. The second-order valence-electron chi connectivity index (χ2n) is 9.92. The molecule has 1 fully saturated rings. The van der Waals surface area contributed by atoms with Crippen LogP contribution in [0.2, 0.25) is 0 Å². The van der Waals surface area contributed by atoms with Gasteiger partial charge in [-0.05, 0) is 56.3 Å². The molecule has 4 N–H and O–H groups in total. The molecule has 2 aliphatic heterocycles. The van der Waals surface area contributed by atoms with Crippen LogP contribution < -0.4 is 16.0 Å². The van der Waals surface area contributed by atoms with E-state index >= 15 is 0 Å². The zero-order valence-electron chi connectivity index (χ0n) is 21.6. The molecule has 1 aromatic heterocycles. The molecule has 3 heterocycles. The zero-order valence-corrected chi connectivity index (χ0v) is 22.4. The van der Waals surface area contributed by atoms with Crippen LogP contribution in [0.5, 0.6) is 0 Å². The van der Waals surface area contributed by atoms with Crippen molar-refractivity contribution < 1.29 is 22.0 Å². The largest absolute Gasteiger partial charge is 0.398 e. The lowest BCUT2D eigenvalue weighted by molar-refractivity contribution is 0.102. The summed E-state index contributed by atoms with van der Waals surface area (Å²) in [4.78, 5) is 17.1. The number of rotatable bonds is 8. The highest BCUT2D eigenvalue weighted by atomic mass is 32.2. The summed E-state index contributed by atoms with van der Waals surface area (Å²) < 4.78 is 54.6. The summed E-state index contributed by atoms with van der Waals surface area (Å²) in [7, 11) is -2.20. The van der Waals surface area contributed by atoms with Crippen molar-refractivity contribution in [1.29, 1.82) is 0 Å². The van der Waals surface area contributed by atoms with Crippen LogP contribution in [0.4, 0.5) is 26.0 Å². The average Bonchev–Trinajstić information content (AvgIpc) is 3.56. The van der Waals surface area contributed by atoms with Crippen LogP contribution >= 0.6 is 0 Å². The number of nitrogens with one attached hydrogen (secondary N) is 2. The molecule has 0 saturated carbocycles. The Morgan fingerprint density at radius 1 is 1.13 bits per heavy atom. The van der Waals surface area contributed by atoms with E-state index in [1.807, 2.05) is 13.1 Å². The molecule has 3 aromatic rings. The minimum atomic E-state index is -4.18. The Morgan fingerprint density at radius 3 is 2.54 bits per heavy atom. The summed E-state index contributed by atoms with van der Waals surface area (Å²) in [5.41, 5.74) is 8.85. The van der Waals surface area contributed by atoms with E-state index in [0.717, 1.165) is 48.3 Å². The van der Waals surface area contributed by atoms with Crippen LogP contribution in [0.25, 0.3) is 0 Å². The number of likely N-dealkylation sites (tertiary alicyclic amines) is 1. The smallest absolute Gasteiger partial charge is 0.258 e. The highest BCUT2D eigenvalue weighted by molar-refractivity contribution is 7.89. The van der Waals surface area contributed by atoms with E-state index < -0.39 is 32.5 Å². The van der Waals surface area contributed by atoms with Gasteiger partial charge in [0.1, 0.15) is 11.6 Å². The summed E-state index contributed by atoms with van der Waals surface area (Å²) >= 11 is 0. The zero-order chi connectivity index (χ0) is 27.7. The Hall–Kier alpha value is -3.55. The summed E-state index contributed by atoms with van der Waals surface area (Å²) in [6, 6.07) is 7.42. The van der Waals surface area contributed by atoms with E-state index in [1.165, 1.54) is 12.8 Å². The third-order valence-corrected chi connectivity index (χ3v) is 9.10. The van der Waals surface area contributed by atoms with Crippen molar-refractivity contribution in [3.8, 4) is 0 Å². The average molecular weight is 560 g/mol. The second-order valence-corrected chi connectivity index (χ2v) is 11.9. The highest BCUT2D eigenvalue weighted by Gasteiger charge is 2.32. The molecule has 0 spiro atoms. The van der Waals surface area contributed by atoms with Crippen LogP contribution in [0.3, 0.4) is 0 Å². The minimum absolute atomic E-state index is 0.0860. The molecule has 2 aliphatic rings. The van der Waals surface area contributed by atoms with Crippen molar-refractivity contribution >= 4 is 33.1 Å². The van der Waals surface area contributed by atoms with Crippen molar-refractivity contribution in [2.24, 2.45) is 0 Å². The number of hydrogen-bond donors (Lipinski definition) is 3. The van der Waals surface area contributed by atoms with Gasteiger partial charge in [0.15, 0.2) is 5.82 Å². The molecule has 39 heavy (non-hydrogen) atoms. The van der Waals surface area contributed by atoms with Crippen LogP contribution in [-0.4, -0.2) is 73.5 Å². The molecule has 0 aliphatic carbocycles. The number of likely N-dealkylation sites (N-methyl/N-ethyl adjacent to an activating group) is 1. The molecular formula is C26H31F2N7O3S. The number of fused-ring (bicyclic) bond motifs is 1. The Kier molecular flexibility index (Phi) is 7.56. The minimum Gasteiger partial charge on any atom is -0.398 e. The van der Waals surface area contributed by atoms with Crippen molar-refractivity contribution in [2.45, 2.75) is 30.7 Å². The second kappa shape index (κ2) is 10.9. The first-order valence-corrected chi connectivity index (χ1v) is 14.2. The maximum absolute atomic E-state index is 13.7. The highest BCUT2D eigenvalue weighted by Crippen LogP contribution is 2.30. The topological polar surface area (TPSA) is 128 Å². The summed E-state index contributed by atoms with van der Waals surface area (Å²) in [6.45, 7) is 4.01. The van der Waals surface area contributed by atoms with E-state index in [2.05, 4.69) is 25.3 Å². The SMILES string of the molecule is CN(CCN1CCCC1)c1ccc(C(=O)Nc2n[nH]c3c2CN(S(=O)(=O)c2cc(F)cc(F)c2)CC3)c(N)c1. The molecule has 208 valence electrons. The van der Waals surface area contributed by atoms with Gasteiger partial charge in [-0.25, -0.2) is 17.2 Å². The molecule has 1 saturated heterocycles. The lowest BCUT2D eigenvalue weighted by Gasteiger charge is -2.26. The van der Waals surface area contributed by atoms with Gasteiger partial charge in [-0.3, -0.25) is 9.89 Å². The van der Waals surface area contributed by atoms with E-state index in [4.69, 9.17) is 5.73 Å². The van der Waals surface area contributed by atoms with Gasteiger partial charge in [0.05, 0.1) is 10.5 Å². The number of hydrogen-bond acceptors (Lipinski definition) is 7. The normalized spacial score (nSPS) is 16.3. The lowest BCUT2D eigenvalue weighted by Crippen LogP contribution is -2.36. The fraction of sp³-hybridized carbons (Fsp3) is 0.385. The van der Waals surface area contributed by atoms with Crippen LogP contribution in [0.15, 0.2) is 41.3 Å². The Labute approximate surface area is 225 Å². The number of halogens is 2. The predicted molar refractivity (Wildman–Crippen MR) is 144 cm³/mol. The van der Waals surface area contributed by atoms with Gasteiger partial charge in [-0.15, -0.1) is 0 Å². The lowest BCUT2D eigenvalue weighted by atomic mass is 10.1. The number of aromatic nitrogens is 2. The Morgan fingerprint density at radius 2 is 1.85 bits per heavy atom. The molecule has 2 aromatic carbocycles. The first kappa shape index (κ1) is 27.0. The standard InChI is InChI=1S/C26H31F2N7O3S/c1-33(10-11-34-7-2-3-8-34)19-4-5-21(23(29)15-19)26(36)30-25-22-16-35(9-6-24(22)31-32-25)39(37,38)20-13-17(27)12-18(28)14-20/h4-5,12-15H,2-3,6-11,16,29H2,1H3,(H2,30,31,32,36). The number of nitrogens with two attached hydrogens (primary N) is 1. The molecule has 0 bridgehead atoms. The Bertz CT molecular complexity index is 1470. The van der Waals surface area contributed by atoms with Crippen LogP contribution in [0.1, 0.15) is 34.5 Å². The van der Waals surface area contributed by atoms with Crippen molar-refractivity contribution in [3.63, 3.8) is 0 Å². The fourth-order valence-corrected chi connectivity index (χ4v) is 6.45. The Balaban J connectivity index is 1.28. The number of benzene rings is 2. The van der Waals surface area contributed by atoms with Gasteiger partial charge in [-0.1, -0.05) is 0 Å². The first-order chi connectivity index (χ1) is 18.6. The van der Waals surface area contributed by atoms with Crippen LogP contribution in [-0.2, 0) is 23.0 Å². The number of nitrogens with zero attached hydrogens (tertiary/aromatic N) is 4. The fourth-order valence-electron chi connectivity index (χ4n) is 5.00. The van der Waals surface area contributed by atoms with E-state index in [1.54, 1.807) is 12.1 Å². The number of aromatic amines is 1.